The molecule has 0 radical (unpaired) electrons. The van der Waals surface area contributed by atoms with Gasteiger partial charge in [-0.15, -0.1) is 0 Å². The van der Waals surface area contributed by atoms with Crippen LogP contribution in [0.25, 0.3) is 5.65 Å². The Kier molecular flexibility index (Phi) is 5.43. The zero-order valence-electron chi connectivity index (χ0n) is 16.6. The van der Waals surface area contributed by atoms with Gasteiger partial charge in [0.2, 0.25) is 11.8 Å². The summed E-state index contributed by atoms with van der Waals surface area (Å²) in [5, 5.41) is 12.9. The van der Waals surface area contributed by atoms with Crippen molar-refractivity contribution in [1.82, 2.24) is 14.6 Å². The number of carbonyl (C=O) groups excluding carboxylic acids is 2. The minimum absolute atomic E-state index is 0.0593. The number of hydrogen-bond donors (Lipinski definition) is 4. The number of amides is 2. The molecule has 0 unspecified atom stereocenters. The Morgan fingerprint density at radius 1 is 1.19 bits per heavy atom. The lowest BCUT2D eigenvalue weighted by Gasteiger charge is -2.21. The molecule has 0 saturated heterocycles. The second-order valence-electron chi connectivity index (χ2n) is 6.69. The van der Waals surface area contributed by atoms with E-state index in [0.29, 0.717) is 53.4 Å². The summed E-state index contributed by atoms with van der Waals surface area (Å²) in [4.78, 5) is 27.5. The molecule has 0 atom stereocenters. The summed E-state index contributed by atoms with van der Waals surface area (Å²) in [7, 11) is 1.70. The molecule has 12 heteroatoms. The van der Waals surface area contributed by atoms with E-state index in [1.165, 1.54) is 22.8 Å². The maximum Gasteiger partial charge on any atom is 0.225 e. The summed E-state index contributed by atoms with van der Waals surface area (Å²) in [6, 6.07) is 4.20. The lowest BCUT2D eigenvalue weighted by Crippen LogP contribution is -2.17. The van der Waals surface area contributed by atoms with E-state index in [4.69, 9.17) is 15.2 Å². The number of nitrogens with zero attached hydrogens (tertiary/aromatic N) is 3. The van der Waals surface area contributed by atoms with Gasteiger partial charge in [0.25, 0.3) is 0 Å². The molecule has 1 aromatic carbocycles. The van der Waals surface area contributed by atoms with Crippen molar-refractivity contribution in [2.45, 2.75) is 12.8 Å². The molecule has 11 nitrogen and oxygen atoms in total. The quantitative estimate of drug-likeness (QED) is 0.443. The summed E-state index contributed by atoms with van der Waals surface area (Å²) in [6.45, 7) is 0.671. The zero-order chi connectivity index (χ0) is 22.0. The highest BCUT2D eigenvalue weighted by molar-refractivity contribution is 5.96. The number of fused-ring (bicyclic) bond motifs is 2. The summed E-state index contributed by atoms with van der Waals surface area (Å²) >= 11 is 0. The number of benzene rings is 1. The lowest BCUT2D eigenvalue weighted by molar-refractivity contribution is -0.122. The highest BCUT2D eigenvalue weighted by Crippen LogP contribution is 2.40. The first-order valence-corrected chi connectivity index (χ1v) is 9.45. The molecule has 0 fully saturated rings. The third-order valence-corrected chi connectivity index (χ3v) is 4.47. The number of nitrogens with one attached hydrogen (secondary N) is 3. The number of carbonyl (C=O) groups is 2. The monoisotopic (exact) mass is 429 g/mol. The number of aromatic nitrogens is 3. The lowest BCUT2D eigenvalue weighted by atomic mass is 10.2. The number of anilines is 4. The molecular formula is C19H20FN7O4. The van der Waals surface area contributed by atoms with Crippen LogP contribution in [0.5, 0.6) is 11.5 Å². The summed E-state index contributed by atoms with van der Waals surface area (Å²) in [5.41, 5.74) is 6.11. The topological polar surface area (TPSA) is 145 Å². The fraction of sp³-hybridized carbons (Fsp3) is 0.263. The standard InChI is InChI=1S/C19H20FN7O4/c1-22-16-8-15(24-11-6-10(20)7-13-18(11)31-5-4-30-13)26-19-12(9-23-27(16)19)25-17(29)3-2-14(21)28/h6-9,22H,2-5H2,1H3,(H2,21,28)(H,24,26)(H,25,29). The largest absolute Gasteiger partial charge is 0.486 e. The molecule has 3 heterocycles. The first-order valence-electron chi connectivity index (χ1n) is 9.45. The van der Waals surface area contributed by atoms with Crippen molar-refractivity contribution < 1.29 is 23.5 Å². The minimum atomic E-state index is -0.568. The van der Waals surface area contributed by atoms with Crippen molar-refractivity contribution in [1.29, 1.82) is 0 Å². The molecule has 0 bridgehead atoms. The molecule has 162 valence electrons. The third kappa shape index (κ3) is 4.27. The van der Waals surface area contributed by atoms with Crippen molar-refractivity contribution in [3.8, 4) is 11.5 Å². The smallest absolute Gasteiger partial charge is 0.225 e. The van der Waals surface area contributed by atoms with E-state index >= 15 is 0 Å². The van der Waals surface area contributed by atoms with E-state index < -0.39 is 17.6 Å². The van der Waals surface area contributed by atoms with Gasteiger partial charge < -0.3 is 31.2 Å². The van der Waals surface area contributed by atoms with Crippen molar-refractivity contribution in [3.05, 3.63) is 30.2 Å². The van der Waals surface area contributed by atoms with Gasteiger partial charge in [-0.1, -0.05) is 0 Å². The number of halogens is 1. The highest BCUT2D eigenvalue weighted by Gasteiger charge is 2.20. The average Bonchev–Trinajstić information content (AvgIpc) is 3.14. The molecule has 31 heavy (non-hydrogen) atoms. The first-order chi connectivity index (χ1) is 14.9. The highest BCUT2D eigenvalue weighted by atomic mass is 19.1. The molecular weight excluding hydrogens is 409 g/mol. The van der Waals surface area contributed by atoms with Crippen LogP contribution in [0.1, 0.15) is 12.8 Å². The molecule has 1 aliphatic heterocycles. The van der Waals surface area contributed by atoms with Crippen LogP contribution < -0.4 is 31.2 Å². The van der Waals surface area contributed by atoms with Crippen LogP contribution in [0, 0.1) is 5.82 Å². The van der Waals surface area contributed by atoms with Crippen LogP contribution in [0.3, 0.4) is 0 Å². The number of rotatable bonds is 7. The maximum absolute atomic E-state index is 14.0. The van der Waals surface area contributed by atoms with E-state index in [1.807, 2.05) is 0 Å². The van der Waals surface area contributed by atoms with Crippen LogP contribution >= 0.6 is 0 Å². The second-order valence-corrected chi connectivity index (χ2v) is 6.69. The molecule has 2 aromatic heterocycles. The molecule has 5 N–H and O–H groups in total. The van der Waals surface area contributed by atoms with Crippen molar-refractivity contribution in [2.24, 2.45) is 5.73 Å². The normalized spacial score (nSPS) is 12.5. The number of primary amides is 1. The Morgan fingerprint density at radius 3 is 2.77 bits per heavy atom. The fourth-order valence-electron chi connectivity index (χ4n) is 3.09. The van der Waals surface area contributed by atoms with Gasteiger partial charge in [0, 0.05) is 38.1 Å². The van der Waals surface area contributed by atoms with Gasteiger partial charge in [-0.25, -0.2) is 9.37 Å². The molecule has 0 spiro atoms. The SMILES string of the molecule is CNc1cc(Nc2cc(F)cc3c2OCCO3)nc2c(NC(=O)CCC(N)=O)cnn12. The van der Waals surface area contributed by atoms with Gasteiger partial charge in [0.15, 0.2) is 17.1 Å². The number of hydrogen-bond acceptors (Lipinski definition) is 8. The summed E-state index contributed by atoms with van der Waals surface area (Å²) in [6.07, 6.45) is 1.31. The van der Waals surface area contributed by atoms with Crippen LogP contribution in [0.4, 0.5) is 27.4 Å². The number of nitrogens with two attached hydrogens (primary N) is 1. The van der Waals surface area contributed by atoms with Crippen LogP contribution in [-0.2, 0) is 9.59 Å². The fourth-order valence-corrected chi connectivity index (χ4v) is 3.09. The van der Waals surface area contributed by atoms with E-state index in [2.05, 4.69) is 26.0 Å². The third-order valence-electron chi connectivity index (χ3n) is 4.47. The predicted molar refractivity (Wildman–Crippen MR) is 110 cm³/mol. The Balaban J connectivity index is 1.67. The molecule has 3 aromatic rings. The first kappa shape index (κ1) is 20.2. The van der Waals surface area contributed by atoms with Gasteiger partial charge in [-0.3, -0.25) is 9.59 Å². The number of ether oxygens (including phenoxy) is 2. The average molecular weight is 429 g/mol. The van der Waals surface area contributed by atoms with Gasteiger partial charge >= 0.3 is 0 Å². The summed E-state index contributed by atoms with van der Waals surface area (Å²) in [5.74, 6) is 0.142. The minimum Gasteiger partial charge on any atom is -0.486 e. The van der Waals surface area contributed by atoms with Crippen LogP contribution in [0.2, 0.25) is 0 Å². The van der Waals surface area contributed by atoms with Crippen LogP contribution in [0.15, 0.2) is 24.4 Å². The molecule has 2 amide bonds. The molecule has 0 saturated carbocycles. The van der Waals surface area contributed by atoms with Crippen molar-refractivity contribution >= 4 is 40.5 Å². The van der Waals surface area contributed by atoms with E-state index in [0.717, 1.165) is 0 Å². The Labute approximate surface area is 175 Å². The van der Waals surface area contributed by atoms with E-state index in [9.17, 15) is 14.0 Å². The second kappa shape index (κ2) is 8.34. The Hall–Kier alpha value is -4.09. The van der Waals surface area contributed by atoms with Gasteiger partial charge in [0.05, 0.1) is 11.9 Å². The van der Waals surface area contributed by atoms with Crippen molar-refractivity contribution in [2.75, 3.05) is 36.2 Å². The van der Waals surface area contributed by atoms with E-state index in [-0.39, 0.29) is 12.8 Å². The summed E-state index contributed by atoms with van der Waals surface area (Å²) < 4.78 is 26.6. The molecule has 0 aliphatic carbocycles. The van der Waals surface area contributed by atoms with Gasteiger partial charge in [-0.05, 0) is 0 Å². The van der Waals surface area contributed by atoms with Crippen molar-refractivity contribution in [3.63, 3.8) is 0 Å². The Morgan fingerprint density at radius 2 is 2.00 bits per heavy atom. The predicted octanol–water partition coefficient (Wildman–Crippen LogP) is 1.63. The van der Waals surface area contributed by atoms with E-state index in [1.54, 1.807) is 13.1 Å². The molecule has 4 rings (SSSR count). The van der Waals surface area contributed by atoms with Crippen LogP contribution in [-0.4, -0.2) is 46.7 Å². The van der Waals surface area contributed by atoms with Gasteiger partial charge in [-0.2, -0.15) is 9.61 Å². The maximum atomic E-state index is 14.0. The zero-order valence-corrected chi connectivity index (χ0v) is 16.6. The Bertz CT molecular complexity index is 1160. The van der Waals surface area contributed by atoms with Gasteiger partial charge in [0.1, 0.15) is 36.4 Å². The molecule has 1 aliphatic rings.